The smallest absolute Gasteiger partial charge is 0.390 e. The highest BCUT2D eigenvalue weighted by molar-refractivity contribution is 6.22. The average Bonchev–Trinajstić information content (AvgIpc) is 3.01. The Balaban J connectivity index is 1.78. The number of aliphatic imine (C=N–C) groups is 1. The molecule has 2 aliphatic heterocycles. The van der Waals surface area contributed by atoms with E-state index in [2.05, 4.69) is 10.3 Å². The van der Waals surface area contributed by atoms with Gasteiger partial charge in [0.1, 0.15) is 18.5 Å². The number of rotatable bonds is 6. The molecule has 29 heavy (non-hydrogen) atoms. The van der Waals surface area contributed by atoms with Crippen molar-refractivity contribution in [2.45, 2.75) is 39.0 Å². The van der Waals surface area contributed by atoms with Crippen LogP contribution in [0.25, 0.3) is 0 Å². The number of aliphatic hydroxyl groups excluding tert-OH is 1. The van der Waals surface area contributed by atoms with Crippen molar-refractivity contribution in [2.24, 2.45) is 4.99 Å². The number of benzene rings is 1. The number of guanidine groups is 1. The minimum Gasteiger partial charge on any atom is -0.491 e. The number of nitrogens with one attached hydrogen (secondary N) is 1. The summed E-state index contributed by atoms with van der Waals surface area (Å²) in [6.45, 7) is 6.08. The van der Waals surface area contributed by atoms with Crippen molar-refractivity contribution >= 4 is 23.7 Å². The van der Waals surface area contributed by atoms with Gasteiger partial charge in [-0.3, -0.25) is 19.9 Å². The molecule has 0 saturated carbocycles. The Morgan fingerprint density at radius 1 is 1.21 bits per heavy atom. The van der Waals surface area contributed by atoms with E-state index < -0.39 is 18.2 Å². The second-order valence-electron chi connectivity index (χ2n) is 7.66. The van der Waals surface area contributed by atoms with E-state index in [4.69, 9.17) is 4.74 Å². The number of imide groups is 1. The first-order valence-electron chi connectivity index (χ1n) is 9.60. The summed E-state index contributed by atoms with van der Waals surface area (Å²) in [6.07, 6.45) is -0.865. The van der Waals surface area contributed by atoms with Gasteiger partial charge < -0.3 is 9.84 Å². The molecule has 0 aromatic heterocycles. The molecule has 9 heteroatoms. The quantitative estimate of drug-likeness (QED) is 0.672. The van der Waals surface area contributed by atoms with Crippen molar-refractivity contribution in [1.82, 2.24) is 15.1 Å². The van der Waals surface area contributed by atoms with E-state index >= 15 is 0 Å². The third kappa shape index (κ3) is 4.24. The van der Waals surface area contributed by atoms with Crippen LogP contribution in [0.5, 0.6) is 5.75 Å². The monoisotopic (exact) mass is 402 g/mol. The molecule has 1 fully saturated rings. The summed E-state index contributed by atoms with van der Waals surface area (Å²) < 4.78 is 7.36. The standard InChI is InChI=1S/C20H27N5O4/c1-12(2)21-19-22-17-16(18(27)24(5)20(28)23(17)4)25(19)10-14(26)11-29-15-8-6-13(3)7-9-15/h6-9,12,14,16,26H,10-11H2,1-5H3/p+1. The van der Waals surface area contributed by atoms with Crippen molar-refractivity contribution in [2.75, 3.05) is 27.2 Å². The second-order valence-corrected chi connectivity index (χ2v) is 7.66. The van der Waals surface area contributed by atoms with Gasteiger partial charge in [0.05, 0.1) is 12.6 Å². The van der Waals surface area contributed by atoms with Crippen LogP contribution < -0.4 is 10.1 Å². The molecule has 1 aromatic carbocycles. The van der Waals surface area contributed by atoms with Crippen molar-refractivity contribution in [3.8, 4) is 5.75 Å². The molecule has 2 unspecified atom stereocenters. The number of carbonyl (C=O) groups excluding carboxylic acids is 2. The van der Waals surface area contributed by atoms with Crippen molar-refractivity contribution in [3.63, 3.8) is 0 Å². The van der Waals surface area contributed by atoms with Crippen LogP contribution in [0.2, 0.25) is 0 Å². The zero-order valence-electron chi connectivity index (χ0n) is 17.4. The maximum absolute atomic E-state index is 12.8. The normalized spacial score (nSPS) is 20.2. The number of amidine groups is 1. The van der Waals surface area contributed by atoms with Gasteiger partial charge in [0.2, 0.25) is 11.9 Å². The second kappa shape index (κ2) is 8.20. The van der Waals surface area contributed by atoms with Crippen LogP contribution in [0.15, 0.2) is 29.3 Å². The largest absolute Gasteiger partial charge is 0.491 e. The predicted octanol–water partition coefficient (Wildman–Crippen LogP) is 0.406. The van der Waals surface area contributed by atoms with E-state index in [1.54, 1.807) is 11.6 Å². The molecular weight excluding hydrogens is 374 g/mol. The Morgan fingerprint density at radius 2 is 1.86 bits per heavy atom. The van der Waals surface area contributed by atoms with Gasteiger partial charge in [-0.2, -0.15) is 0 Å². The Hall–Kier alpha value is -2.94. The molecular formula is C20H28N5O4+. The minimum absolute atomic E-state index is 0.0618. The lowest BCUT2D eigenvalue weighted by Gasteiger charge is -2.32. The zero-order valence-corrected chi connectivity index (χ0v) is 17.4. The van der Waals surface area contributed by atoms with Crippen LogP contribution in [0.3, 0.4) is 0 Å². The number of aliphatic hydroxyl groups is 1. The summed E-state index contributed by atoms with van der Waals surface area (Å²) in [4.78, 5) is 32.0. The molecule has 2 aliphatic rings. The SMILES string of the molecule is Cc1ccc(OCC(O)C[N+]2=C(NC(C)C)N=C3C2C(=O)N(C)C(=O)N3C)cc1. The lowest BCUT2D eigenvalue weighted by Crippen LogP contribution is -2.62. The predicted molar refractivity (Wildman–Crippen MR) is 108 cm³/mol. The molecule has 156 valence electrons. The van der Waals surface area contributed by atoms with E-state index in [0.717, 1.165) is 10.5 Å². The van der Waals surface area contributed by atoms with Crippen LogP contribution in [-0.2, 0) is 4.79 Å². The van der Waals surface area contributed by atoms with E-state index in [9.17, 15) is 14.7 Å². The number of β-amino-alcohol motifs (C(OH)–C–C–N with tert-alkyl or cyclic N) is 1. The van der Waals surface area contributed by atoms with E-state index in [0.29, 0.717) is 17.5 Å². The minimum atomic E-state index is -0.865. The number of hydrogen-bond acceptors (Lipinski definition) is 6. The molecule has 3 rings (SSSR count). The topological polar surface area (TPSA) is 97.5 Å². The van der Waals surface area contributed by atoms with E-state index in [-0.39, 0.29) is 25.1 Å². The van der Waals surface area contributed by atoms with Crippen LogP contribution in [0, 0.1) is 6.92 Å². The molecule has 2 atom stereocenters. The van der Waals surface area contributed by atoms with Gasteiger partial charge in [0.15, 0.2) is 0 Å². The van der Waals surface area contributed by atoms with Crippen LogP contribution in [0.1, 0.15) is 19.4 Å². The summed E-state index contributed by atoms with van der Waals surface area (Å²) >= 11 is 0. The van der Waals surface area contributed by atoms with Crippen LogP contribution >= 0.6 is 0 Å². The number of aryl methyl sites for hydroxylation is 1. The number of nitrogens with zero attached hydrogens (tertiary/aromatic N) is 4. The fourth-order valence-corrected chi connectivity index (χ4v) is 3.27. The third-order valence-corrected chi connectivity index (χ3v) is 4.82. The van der Waals surface area contributed by atoms with E-state index in [1.807, 2.05) is 45.0 Å². The Bertz CT molecular complexity index is 862. The zero-order chi connectivity index (χ0) is 21.3. The third-order valence-electron chi connectivity index (χ3n) is 4.82. The fourth-order valence-electron chi connectivity index (χ4n) is 3.27. The molecule has 0 spiro atoms. The molecule has 0 bridgehead atoms. The highest BCUT2D eigenvalue weighted by atomic mass is 16.5. The molecule has 1 aromatic rings. The summed E-state index contributed by atoms with van der Waals surface area (Å²) in [5, 5.41) is 13.8. The van der Waals surface area contributed by atoms with Crippen molar-refractivity contribution in [1.29, 1.82) is 0 Å². The number of amides is 3. The number of fused-ring (bicyclic) bond motifs is 1. The Kier molecular flexibility index (Phi) is 5.88. The molecule has 9 nitrogen and oxygen atoms in total. The van der Waals surface area contributed by atoms with Crippen molar-refractivity contribution in [3.05, 3.63) is 29.8 Å². The summed E-state index contributed by atoms with van der Waals surface area (Å²) in [7, 11) is 3.03. The maximum atomic E-state index is 12.8. The van der Waals surface area contributed by atoms with Gasteiger partial charge in [-0.1, -0.05) is 22.7 Å². The van der Waals surface area contributed by atoms with Gasteiger partial charge in [-0.25, -0.2) is 9.37 Å². The Morgan fingerprint density at radius 3 is 2.48 bits per heavy atom. The average molecular weight is 402 g/mol. The molecule has 2 heterocycles. The highest BCUT2D eigenvalue weighted by Gasteiger charge is 2.51. The first-order valence-corrected chi connectivity index (χ1v) is 9.60. The number of likely N-dealkylation sites (N-methyl/N-ethyl adjacent to an activating group) is 2. The number of urea groups is 1. The summed E-state index contributed by atoms with van der Waals surface area (Å²) in [5.74, 6) is 1.10. The van der Waals surface area contributed by atoms with Gasteiger partial charge in [-0.05, 0) is 32.9 Å². The van der Waals surface area contributed by atoms with Crippen molar-refractivity contribution < 1.29 is 24.0 Å². The summed E-state index contributed by atoms with van der Waals surface area (Å²) in [6, 6.07) is 6.42. The van der Waals surface area contributed by atoms with Gasteiger partial charge in [0, 0.05) is 14.1 Å². The van der Waals surface area contributed by atoms with Gasteiger partial charge >= 0.3 is 12.0 Å². The molecule has 0 aliphatic carbocycles. The van der Waals surface area contributed by atoms with Crippen LogP contribution in [-0.4, -0.2) is 88.6 Å². The first kappa shape index (κ1) is 20.8. The first-order chi connectivity index (χ1) is 13.7. The Labute approximate surface area is 170 Å². The number of hydrogen-bond donors (Lipinski definition) is 2. The fraction of sp³-hybridized carbons (Fsp3) is 0.500. The van der Waals surface area contributed by atoms with E-state index in [1.165, 1.54) is 11.9 Å². The molecule has 2 N–H and O–H groups in total. The highest BCUT2D eigenvalue weighted by Crippen LogP contribution is 2.19. The lowest BCUT2D eigenvalue weighted by atomic mass is 10.1. The molecule has 0 radical (unpaired) electrons. The molecule has 3 amide bonds. The maximum Gasteiger partial charge on any atom is 0.390 e. The number of ether oxygens (including phenoxy) is 1. The van der Waals surface area contributed by atoms with Crippen LogP contribution in [0.4, 0.5) is 4.79 Å². The van der Waals surface area contributed by atoms with Gasteiger partial charge in [-0.15, -0.1) is 0 Å². The van der Waals surface area contributed by atoms with Gasteiger partial charge in [0.25, 0.3) is 5.91 Å². The number of carbonyl (C=O) groups is 2. The molecule has 1 saturated heterocycles. The summed E-state index contributed by atoms with van der Waals surface area (Å²) in [5.41, 5.74) is 1.12. The lowest BCUT2D eigenvalue weighted by molar-refractivity contribution is -0.545.